The number of ether oxygens (including phenoxy) is 1. The molecule has 2 amide bonds. The van der Waals surface area contributed by atoms with E-state index in [0.717, 1.165) is 15.6 Å². The fourth-order valence-corrected chi connectivity index (χ4v) is 6.72. The quantitative estimate of drug-likeness (QED) is 0.371. The zero-order chi connectivity index (χ0) is 20.5. The maximum absolute atomic E-state index is 12.6. The molecule has 0 radical (unpaired) electrons. The van der Waals surface area contributed by atoms with Crippen molar-refractivity contribution in [2.75, 3.05) is 6.61 Å². The van der Waals surface area contributed by atoms with Crippen LogP contribution in [0.2, 0.25) is 0 Å². The molecule has 3 rings (SSSR count). The molecule has 0 aliphatic carbocycles. The number of azo groups is 1. The average Bonchev–Trinajstić information content (AvgIpc) is 2.78. The lowest BCUT2D eigenvalue weighted by Crippen LogP contribution is -2.69. The number of nitrogens with zero attached hydrogens (tertiary/aromatic N) is 2. The molecule has 3 aromatic carbocycles. The number of hydrogen-bond acceptors (Lipinski definition) is 4. The Morgan fingerprint density at radius 2 is 1.07 bits per heavy atom. The summed E-state index contributed by atoms with van der Waals surface area (Å²) in [6.07, 6.45) is -1.88. The molecule has 0 N–H and O–H groups in total. The molecule has 146 valence electrons. The second kappa shape index (κ2) is 9.56. The van der Waals surface area contributed by atoms with E-state index in [9.17, 15) is 9.59 Å². The van der Waals surface area contributed by atoms with Crippen molar-refractivity contribution in [3.8, 4) is 0 Å². The van der Waals surface area contributed by atoms with Crippen LogP contribution in [-0.2, 0) is 9.16 Å². The molecule has 0 aromatic heterocycles. The highest BCUT2D eigenvalue weighted by Gasteiger charge is 2.45. The van der Waals surface area contributed by atoms with Crippen molar-refractivity contribution in [2.24, 2.45) is 10.2 Å². The number of rotatable bonds is 5. The van der Waals surface area contributed by atoms with Gasteiger partial charge in [-0.1, -0.05) is 101 Å². The van der Waals surface area contributed by atoms with Gasteiger partial charge in [-0.15, -0.1) is 0 Å². The molecule has 0 atom stereocenters. The van der Waals surface area contributed by atoms with Crippen molar-refractivity contribution in [1.82, 2.24) is 0 Å². The summed E-state index contributed by atoms with van der Waals surface area (Å²) in [6, 6.07) is 28.7. The first kappa shape index (κ1) is 20.2. The molecule has 0 heterocycles. The predicted octanol–water partition coefficient (Wildman–Crippen LogP) is 3.40. The van der Waals surface area contributed by atoms with Crippen LogP contribution in [0.5, 0.6) is 0 Å². The molecule has 0 bridgehead atoms. The van der Waals surface area contributed by atoms with E-state index in [2.05, 4.69) is 15.0 Å². The van der Waals surface area contributed by atoms with Gasteiger partial charge in [0.2, 0.25) is 0 Å². The zero-order valence-corrected chi connectivity index (χ0v) is 16.9. The first-order chi connectivity index (χ1) is 14.2. The molecule has 3 aromatic rings. The highest BCUT2D eigenvalue weighted by molar-refractivity contribution is 7.07. The summed E-state index contributed by atoms with van der Waals surface area (Å²) in [7, 11) is -3.23. The van der Waals surface area contributed by atoms with Gasteiger partial charge >= 0.3 is 20.5 Å². The molecule has 0 spiro atoms. The molecule has 29 heavy (non-hydrogen) atoms. The minimum atomic E-state index is -3.23. The summed E-state index contributed by atoms with van der Waals surface area (Å²) in [5, 5.41) is 9.34. The number of carbonyl (C=O) groups is 2. The molecule has 0 fully saturated rings. The van der Waals surface area contributed by atoms with Gasteiger partial charge in [0.25, 0.3) is 0 Å². The van der Waals surface area contributed by atoms with Crippen molar-refractivity contribution < 1.29 is 18.8 Å². The number of carbonyl (C=O) groups excluding carboxylic acids is 2. The molecule has 7 heteroatoms. The molecule has 0 saturated heterocycles. The Balaban J connectivity index is 2.13. The van der Waals surface area contributed by atoms with Gasteiger partial charge in [0.1, 0.15) is 0 Å². The SMILES string of the molecule is CCOC(=O)/N=N/C(=O)O[Si](c1ccccc1)(c1ccccc1)c1ccccc1. The van der Waals surface area contributed by atoms with E-state index in [1.54, 1.807) is 6.92 Å². The highest BCUT2D eigenvalue weighted by Crippen LogP contribution is 2.11. The molecule has 0 unspecified atom stereocenters. The van der Waals surface area contributed by atoms with Crippen LogP contribution in [0.1, 0.15) is 6.92 Å². The van der Waals surface area contributed by atoms with Gasteiger partial charge in [0.15, 0.2) is 0 Å². The van der Waals surface area contributed by atoms with Gasteiger partial charge in [-0.25, -0.2) is 9.59 Å². The summed E-state index contributed by atoms with van der Waals surface area (Å²) in [5.74, 6) is 0. The lowest BCUT2D eigenvalue weighted by atomic mass is 10.3. The zero-order valence-electron chi connectivity index (χ0n) is 15.9. The van der Waals surface area contributed by atoms with Gasteiger partial charge in [-0.05, 0) is 22.5 Å². The second-order valence-corrected chi connectivity index (χ2v) is 9.34. The smallest absolute Gasteiger partial charge is 0.452 e. The lowest BCUT2D eigenvalue weighted by molar-refractivity contribution is 0.160. The third-order valence-electron chi connectivity index (χ3n) is 4.26. The number of hydrogen-bond donors (Lipinski definition) is 0. The molecule has 0 aliphatic rings. The Morgan fingerprint density at radius 3 is 1.45 bits per heavy atom. The molecule has 0 saturated carbocycles. The first-order valence-corrected chi connectivity index (χ1v) is 11.1. The Kier molecular flexibility index (Phi) is 6.65. The van der Waals surface area contributed by atoms with Crippen LogP contribution < -0.4 is 15.6 Å². The van der Waals surface area contributed by atoms with E-state index in [-0.39, 0.29) is 6.61 Å². The van der Waals surface area contributed by atoms with Crippen molar-refractivity contribution in [3.63, 3.8) is 0 Å². The first-order valence-electron chi connectivity index (χ1n) is 9.15. The maximum atomic E-state index is 12.6. The van der Waals surface area contributed by atoms with Crippen molar-refractivity contribution in [2.45, 2.75) is 6.92 Å². The minimum absolute atomic E-state index is 0.142. The molecular formula is C22H20N2O4Si. The van der Waals surface area contributed by atoms with Crippen LogP contribution in [0.25, 0.3) is 0 Å². The summed E-state index contributed by atoms with van der Waals surface area (Å²) < 4.78 is 10.7. The Labute approximate surface area is 170 Å². The van der Waals surface area contributed by atoms with Gasteiger partial charge in [0.05, 0.1) is 6.61 Å². The van der Waals surface area contributed by atoms with Crippen LogP contribution in [-0.4, -0.2) is 27.1 Å². The lowest BCUT2D eigenvalue weighted by Gasteiger charge is -2.31. The van der Waals surface area contributed by atoms with Crippen molar-refractivity contribution in [1.29, 1.82) is 0 Å². The summed E-state index contributed by atoms with van der Waals surface area (Å²) >= 11 is 0. The van der Waals surface area contributed by atoms with E-state index in [1.165, 1.54) is 0 Å². The monoisotopic (exact) mass is 404 g/mol. The van der Waals surface area contributed by atoms with E-state index in [1.807, 2.05) is 91.0 Å². The summed E-state index contributed by atoms with van der Waals surface area (Å²) in [4.78, 5) is 24.1. The van der Waals surface area contributed by atoms with E-state index in [4.69, 9.17) is 4.43 Å². The maximum Gasteiger partial charge on any atom is 0.452 e. The van der Waals surface area contributed by atoms with Crippen molar-refractivity contribution >= 4 is 36.1 Å². The van der Waals surface area contributed by atoms with Crippen LogP contribution in [0.15, 0.2) is 101 Å². The van der Waals surface area contributed by atoms with Crippen LogP contribution in [0, 0.1) is 0 Å². The second-order valence-electron chi connectivity index (χ2n) is 6.05. The Bertz CT molecular complexity index is 883. The van der Waals surface area contributed by atoms with E-state index < -0.39 is 20.5 Å². The van der Waals surface area contributed by atoms with Crippen LogP contribution in [0.3, 0.4) is 0 Å². The van der Waals surface area contributed by atoms with E-state index in [0.29, 0.717) is 0 Å². The summed E-state index contributed by atoms with van der Waals surface area (Å²) in [5.41, 5.74) is 0. The van der Waals surface area contributed by atoms with Gasteiger partial charge in [-0.3, -0.25) is 0 Å². The topological polar surface area (TPSA) is 77.3 Å². The third kappa shape index (κ3) is 4.64. The number of amides is 2. The Hall–Kier alpha value is -3.58. The van der Waals surface area contributed by atoms with Crippen LogP contribution in [0.4, 0.5) is 9.59 Å². The molecule has 6 nitrogen and oxygen atoms in total. The largest absolute Gasteiger partial charge is 0.487 e. The normalized spacial score (nSPS) is 11.2. The standard InChI is InChI=1S/C22H20N2O4Si/c1-2-27-21(25)23-24-22(26)28-29(18-12-6-3-7-13-18,19-14-8-4-9-15-19)20-16-10-5-11-17-20/h3-17H,2H2,1H3/b24-23+. The predicted molar refractivity (Wildman–Crippen MR) is 112 cm³/mol. The van der Waals surface area contributed by atoms with Gasteiger partial charge in [-0.2, -0.15) is 0 Å². The van der Waals surface area contributed by atoms with Gasteiger partial charge in [0, 0.05) is 0 Å². The minimum Gasteiger partial charge on any atom is -0.487 e. The molecule has 0 aliphatic heterocycles. The summed E-state index contributed by atoms with van der Waals surface area (Å²) in [6.45, 7) is 1.79. The van der Waals surface area contributed by atoms with Crippen molar-refractivity contribution in [3.05, 3.63) is 91.0 Å². The van der Waals surface area contributed by atoms with Gasteiger partial charge < -0.3 is 9.16 Å². The number of benzene rings is 3. The fraction of sp³-hybridized carbons (Fsp3) is 0.0909. The highest BCUT2D eigenvalue weighted by atomic mass is 28.4. The fourth-order valence-electron chi connectivity index (χ4n) is 3.08. The third-order valence-corrected chi connectivity index (χ3v) is 8.18. The average molecular weight is 404 g/mol. The van der Waals surface area contributed by atoms with Crippen LogP contribution >= 0.6 is 0 Å². The van der Waals surface area contributed by atoms with E-state index >= 15 is 0 Å². The molecular weight excluding hydrogens is 384 g/mol. The Morgan fingerprint density at radius 1 is 0.690 bits per heavy atom.